The molecule has 3 amide bonds. The summed E-state index contributed by atoms with van der Waals surface area (Å²) in [5, 5.41) is 6.98. The summed E-state index contributed by atoms with van der Waals surface area (Å²) in [6, 6.07) is 7.18. The molecule has 1 saturated carbocycles. The molecule has 1 aromatic carbocycles. The van der Waals surface area contributed by atoms with Crippen LogP contribution in [0.3, 0.4) is 0 Å². The Morgan fingerprint density at radius 1 is 1.13 bits per heavy atom. The van der Waals surface area contributed by atoms with Gasteiger partial charge in [0.05, 0.1) is 23.4 Å². The Hall–Kier alpha value is -3.49. The molecule has 1 N–H and O–H groups in total. The molecule has 0 radical (unpaired) electrons. The van der Waals surface area contributed by atoms with E-state index in [9.17, 15) is 19.2 Å². The Morgan fingerprint density at radius 3 is 2.40 bits per heavy atom. The Kier molecular flexibility index (Phi) is 5.35. The van der Waals surface area contributed by atoms with E-state index in [0.29, 0.717) is 5.82 Å². The van der Waals surface area contributed by atoms with Crippen molar-refractivity contribution in [3.63, 3.8) is 0 Å². The number of nitrogens with zero attached hydrogens (tertiary/aromatic N) is 3. The lowest BCUT2D eigenvalue weighted by molar-refractivity contribution is -0.150. The highest BCUT2D eigenvalue weighted by Crippen LogP contribution is 2.31. The van der Waals surface area contributed by atoms with Crippen molar-refractivity contribution in [3.05, 3.63) is 47.7 Å². The third-order valence-electron chi connectivity index (χ3n) is 5.51. The van der Waals surface area contributed by atoms with Gasteiger partial charge in [-0.15, -0.1) is 0 Å². The number of esters is 1. The fourth-order valence-electron chi connectivity index (χ4n) is 3.95. The Morgan fingerprint density at radius 2 is 1.77 bits per heavy atom. The molecule has 4 rings (SSSR count). The zero-order valence-corrected chi connectivity index (χ0v) is 16.5. The van der Waals surface area contributed by atoms with Crippen molar-refractivity contribution >= 4 is 29.5 Å². The first kappa shape index (κ1) is 19.8. The number of rotatable bonds is 6. The first-order chi connectivity index (χ1) is 14.5. The molecule has 2 aromatic rings. The summed E-state index contributed by atoms with van der Waals surface area (Å²) in [5.41, 5.74) is 0.500. The number of imide groups is 1. The molecule has 156 valence electrons. The normalized spacial score (nSPS) is 17.2. The van der Waals surface area contributed by atoms with E-state index in [1.54, 1.807) is 29.1 Å². The van der Waals surface area contributed by atoms with Crippen LogP contribution in [0.1, 0.15) is 59.4 Å². The number of anilines is 1. The number of nitrogens with one attached hydrogen (secondary N) is 1. The van der Waals surface area contributed by atoms with Gasteiger partial charge in [-0.05, 0) is 31.9 Å². The maximum absolute atomic E-state index is 12.5. The van der Waals surface area contributed by atoms with Gasteiger partial charge in [0.2, 0.25) is 0 Å². The number of benzene rings is 1. The Balaban J connectivity index is 1.34. The molecule has 0 spiro atoms. The third-order valence-corrected chi connectivity index (χ3v) is 5.51. The van der Waals surface area contributed by atoms with Crippen molar-refractivity contribution in [1.29, 1.82) is 0 Å². The van der Waals surface area contributed by atoms with Gasteiger partial charge in [0, 0.05) is 6.07 Å². The van der Waals surface area contributed by atoms with Crippen LogP contribution < -0.4 is 5.32 Å². The smallest absolute Gasteiger partial charge is 0.329 e. The number of hydrogen-bond acceptors (Lipinski definition) is 6. The van der Waals surface area contributed by atoms with Crippen molar-refractivity contribution in [2.24, 2.45) is 0 Å². The summed E-state index contributed by atoms with van der Waals surface area (Å²) < 4.78 is 6.85. The monoisotopic (exact) mass is 410 g/mol. The SMILES string of the molecule is C[C@H](C(=O)OCC(=O)Nc1ccnn1C1CCCC1)N1C(=O)c2ccccc2C1=O. The van der Waals surface area contributed by atoms with Gasteiger partial charge in [0.25, 0.3) is 17.7 Å². The highest BCUT2D eigenvalue weighted by atomic mass is 16.5. The van der Waals surface area contributed by atoms with E-state index in [1.807, 2.05) is 0 Å². The second-order valence-corrected chi connectivity index (χ2v) is 7.46. The molecule has 0 saturated heterocycles. The van der Waals surface area contributed by atoms with E-state index in [4.69, 9.17) is 4.74 Å². The largest absolute Gasteiger partial charge is 0.454 e. The Labute approximate surface area is 173 Å². The summed E-state index contributed by atoms with van der Waals surface area (Å²) in [5.74, 6) is -1.90. The van der Waals surface area contributed by atoms with Crippen molar-refractivity contribution < 1.29 is 23.9 Å². The molecule has 1 aliphatic heterocycles. The average molecular weight is 410 g/mol. The number of amides is 3. The van der Waals surface area contributed by atoms with Crippen LogP contribution in [-0.2, 0) is 14.3 Å². The molecule has 9 nitrogen and oxygen atoms in total. The van der Waals surface area contributed by atoms with E-state index in [1.165, 1.54) is 19.1 Å². The predicted molar refractivity (Wildman–Crippen MR) is 106 cm³/mol. The van der Waals surface area contributed by atoms with Crippen molar-refractivity contribution in [2.45, 2.75) is 44.7 Å². The van der Waals surface area contributed by atoms with Gasteiger partial charge in [-0.2, -0.15) is 5.10 Å². The lowest BCUT2D eigenvalue weighted by atomic mass is 10.1. The highest BCUT2D eigenvalue weighted by Gasteiger charge is 2.41. The zero-order valence-electron chi connectivity index (χ0n) is 16.5. The average Bonchev–Trinajstić information content (AvgIpc) is 3.47. The molecule has 30 heavy (non-hydrogen) atoms. The van der Waals surface area contributed by atoms with E-state index >= 15 is 0 Å². The maximum atomic E-state index is 12.5. The number of carbonyl (C=O) groups is 4. The van der Waals surface area contributed by atoms with Crippen LogP contribution >= 0.6 is 0 Å². The van der Waals surface area contributed by atoms with Gasteiger partial charge >= 0.3 is 5.97 Å². The third kappa shape index (κ3) is 3.58. The van der Waals surface area contributed by atoms with Crippen LogP contribution in [-0.4, -0.2) is 51.0 Å². The molecular weight excluding hydrogens is 388 g/mol. The molecule has 1 aromatic heterocycles. The standard InChI is InChI=1S/C21H22N4O5/c1-13(24-19(27)15-8-4-5-9-16(15)20(24)28)21(29)30-12-18(26)23-17-10-11-22-25(17)14-6-2-3-7-14/h4-5,8-11,13-14H,2-3,6-7,12H2,1H3,(H,23,26)/t13-/m1/s1. The predicted octanol–water partition coefficient (Wildman–Crippen LogP) is 2.16. The van der Waals surface area contributed by atoms with Crippen molar-refractivity contribution in [2.75, 3.05) is 11.9 Å². The molecule has 1 atom stereocenters. The van der Waals surface area contributed by atoms with E-state index < -0.39 is 36.3 Å². The van der Waals surface area contributed by atoms with Crippen molar-refractivity contribution in [3.8, 4) is 0 Å². The minimum Gasteiger partial charge on any atom is -0.454 e. The summed E-state index contributed by atoms with van der Waals surface area (Å²) in [6.07, 6.45) is 5.90. The summed E-state index contributed by atoms with van der Waals surface area (Å²) >= 11 is 0. The first-order valence-corrected chi connectivity index (χ1v) is 9.94. The fourth-order valence-corrected chi connectivity index (χ4v) is 3.95. The summed E-state index contributed by atoms with van der Waals surface area (Å²) in [7, 11) is 0. The molecule has 0 bridgehead atoms. The lowest BCUT2D eigenvalue weighted by Crippen LogP contribution is -2.44. The molecule has 2 heterocycles. The molecule has 2 aliphatic rings. The van der Waals surface area contributed by atoms with Crippen LogP contribution in [0, 0.1) is 0 Å². The zero-order chi connectivity index (χ0) is 21.3. The summed E-state index contributed by atoms with van der Waals surface area (Å²) in [4.78, 5) is 50.5. The van der Waals surface area contributed by atoms with Crippen molar-refractivity contribution in [1.82, 2.24) is 14.7 Å². The van der Waals surface area contributed by atoms with E-state index in [0.717, 1.165) is 30.6 Å². The molecule has 9 heteroatoms. The van der Waals surface area contributed by atoms with Gasteiger partial charge in [0.1, 0.15) is 11.9 Å². The highest BCUT2D eigenvalue weighted by molar-refractivity contribution is 6.22. The van der Waals surface area contributed by atoms with Crippen LogP contribution in [0.25, 0.3) is 0 Å². The van der Waals surface area contributed by atoms with Gasteiger partial charge < -0.3 is 10.1 Å². The minimum absolute atomic E-state index is 0.250. The van der Waals surface area contributed by atoms with Crippen LogP contribution in [0.15, 0.2) is 36.5 Å². The van der Waals surface area contributed by atoms with Gasteiger partial charge in [0.15, 0.2) is 6.61 Å². The Bertz CT molecular complexity index is 973. The van der Waals surface area contributed by atoms with E-state index in [-0.39, 0.29) is 17.2 Å². The second kappa shape index (κ2) is 8.10. The molecule has 1 fully saturated rings. The van der Waals surface area contributed by atoms with E-state index in [2.05, 4.69) is 10.4 Å². The number of carbonyl (C=O) groups excluding carboxylic acids is 4. The number of hydrogen-bond donors (Lipinski definition) is 1. The van der Waals surface area contributed by atoms with Crippen LogP contribution in [0.4, 0.5) is 5.82 Å². The number of aromatic nitrogens is 2. The van der Waals surface area contributed by atoms with Gasteiger partial charge in [-0.1, -0.05) is 25.0 Å². The molecular formula is C21H22N4O5. The topological polar surface area (TPSA) is 111 Å². The quantitative estimate of drug-likeness (QED) is 0.577. The molecule has 0 unspecified atom stereocenters. The maximum Gasteiger partial charge on any atom is 0.329 e. The minimum atomic E-state index is -1.14. The second-order valence-electron chi connectivity index (χ2n) is 7.46. The first-order valence-electron chi connectivity index (χ1n) is 9.94. The molecule has 1 aliphatic carbocycles. The number of ether oxygens (including phenoxy) is 1. The lowest BCUT2D eigenvalue weighted by Gasteiger charge is -2.21. The van der Waals surface area contributed by atoms with Gasteiger partial charge in [-0.25, -0.2) is 9.48 Å². The fraction of sp³-hybridized carbons (Fsp3) is 0.381. The number of fused-ring (bicyclic) bond motifs is 1. The summed E-state index contributed by atoms with van der Waals surface area (Å²) in [6.45, 7) is 0.874. The van der Waals surface area contributed by atoms with Crippen LogP contribution in [0.2, 0.25) is 0 Å². The van der Waals surface area contributed by atoms with Crippen LogP contribution in [0.5, 0.6) is 0 Å². The van der Waals surface area contributed by atoms with Gasteiger partial charge in [-0.3, -0.25) is 19.3 Å².